The van der Waals surface area contributed by atoms with Crippen LogP contribution in [0.2, 0.25) is 0 Å². The number of carboxylic acid groups (broad SMARTS) is 1. The van der Waals surface area contributed by atoms with Crippen molar-refractivity contribution in [3.8, 4) is 0 Å². The molecule has 0 radical (unpaired) electrons. The molecule has 0 bridgehead atoms. The number of carboxylic acids is 1. The first-order valence-corrected chi connectivity index (χ1v) is 4.92. The second-order valence-corrected chi connectivity index (χ2v) is 3.68. The lowest BCUT2D eigenvalue weighted by molar-refractivity contribution is -0.164. The van der Waals surface area contributed by atoms with Crippen molar-refractivity contribution in [2.45, 2.75) is 31.5 Å². The van der Waals surface area contributed by atoms with E-state index in [1.165, 1.54) is 0 Å². The first-order chi connectivity index (χ1) is 6.72. The van der Waals surface area contributed by atoms with Crippen LogP contribution < -0.4 is 0 Å². The van der Waals surface area contributed by atoms with E-state index < -0.39 is 11.8 Å². The van der Waals surface area contributed by atoms with Gasteiger partial charge in [0.1, 0.15) is 0 Å². The molecule has 0 amide bonds. The summed E-state index contributed by atoms with van der Waals surface area (Å²) in [5.41, 5.74) is 0.487. The summed E-state index contributed by atoms with van der Waals surface area (Å²) >= 11 is 0. The molecule has 1 heterocycles. The van der Waals surface area contributed by atoms with Crippen molar-refractivity contribution in [2.75, 3.05) is 13.2 Å². The van der Waals surface area contributed by atoms with Gasteiger partial charge in [0.25, 0.3) is 0 Å². The lowest BCUT2D eigenvalue weighted by Gasteiger charge is -2.25. The molecule has 1 aliphatic carbocycles. The van der Waals surface area contributed by atoms with Crippen molar-refractivity contribution in [1.82, 2.24) is 0 Å². The summed E-state index contributed by atoms with van der Waals surface area (Å²) in [4.78, 5) is 10.8. The van der Waals surface area contributed by atoms with Crippen LogP contribution >= 0.6 is 0 Å². The highest BCUT2D eigenvalue weighted by atomic mass is 16.7. The van der Waals surface area contributed by atoms with E-state index in [-0.39, 0.29) is 0 Å². The summed E-state index contributed by atoms with van der Waals surface area (Å²) in [5, 5.41) is 8.84. The van der Waals surface area contributed by atoms with E-state index >= 15 is 0 Å². The first-order valence-electron chi connectivity index (χ1n) is 4.92. The van der Waals surface area contributed by atoms with E-state index in [0.29, 0.717) is 31.6 Å². The van der Waals surface area contributed by atoms with Gasteiger partial charge in [0.15, 0.2) is 5.79 Å². The molecule has 1 aliphatic heterocycles. The summed E-state index contributed by atoms with van der Waals surface area (Å²) < 4.78 is 11.1. The summed E-state index contributed by atoms with van der Waals surface area (Å²) in [6.45, 7) is 1.25. The summed E-state index contributed by atoms with van der Waals surface area (Å²) in [5.74, 6) is -1.31. The molecule has 1 fully saturated rings. The molecule has 1 N–H and O–H groups in total. The minimum atomic E-state index is -0.819. The molecule has 1 saturated heterocycles. The van der Waals surface area contributed by atoms with Gasteiger partial charge in [-0.2, -0.15) is 0 Å². The monoisotopic (exact) mass is 198 g/mol. The van der Waals surface area contributed by atoms with E-state index in [2.05, 4.69) is 0 Å². The molecule has 2 aliphatic rings. The van der Waals surface area contributed by atoms with Gasteiger partial charge in [-0.1, -0.05) is 6.08 Å². The Bertz CT molecular complexity index is 263. The number of allylic oxidation sites excluding steroid dienone is 1. The standard InChI is InChI=1S/C10H14O4/c11-9(12)8-2-1-4-10(5-3-8)13-6-7-14-10/h2H,1,3-7H2,(H,11,12). The summed E-state index contributed by atoms with van der Waals surface area (Å²) in [6, 6.07) is 0. The number of ether oxygens (including phenoxy) is 2. The smallest absolute Gasteiger partial charge is 0.331 e. The lowest BCUT2D eigenvalue weighted by atomic mass is 10.1. The van der Waals surface area contributed by atoms with E-state index in [1.807, 2.05) is 0 Å². The van der Waals surface area contributed by atoms with Crippen LogP contribution in [0.3, 0.4) is 0 Å². The Kier molecular flexibility index (Phi) is 2.56. The zero-order valence-corrected chi connectivity index (χ0v) is 7.99. The van der Waals surface area contributed by atoms with Gasteiger partial charge >= 0.3 is 5.97 Å². The van der Waals surface area contributed by atoms with Gasteiger partial charge < -0.3 is 14.6 Å². The van der Waals surface area contributed by atoms with Crippen LogP contribution in [0.5, 0.6) is 0 Å². The Morgan fingerprint density at radius 1 is 1.36 bits per heavy atom. The Labute approximate surface area is 82.5 Å². The average molecular weight is 198 g/mol. The first kappa shape index (κ1) is 9.68. The largest absolute Gasteiger partial charge is 0.478 e. The molecule has 4 nitrogen and oxygen atoms in total. The van der Waals surface area contributed by atoms with Crippen LogP contribution in [0.15, 0.2) is 11.6 Å². The average Bonchev–Trinajstić information content (AvgIpc) is 2.47. The SMILES string of the molecule is O=C(O)C1=CCCC2(CC1)OCCO2. The minimum Gasteiger partial charge on any atom is -0.478 e. The van der Waals surface area contributed by atoms with E-state index in [4.69, 9.17) is 14.6 Å². The molecule has 14 heavy (non-hydrogen) atoms. The summed E-state index contributed by atoms with van der Waals surface area (Å²) in [6.07, 6.45) is 4.47. The predicted molar refractivity (Wildman–Crippen MR) is 48.8 cm³/mol. The fourth-order valence-corrected chi connectivity index (χ4v) is 2.00. The van der Waals surface area contributed by atoms with Gasteiger partial charge in [0.05, 0.1) is 13.2 Å². The Morgan fingerprint density at radius 2 is 2.07 bits per heavy atom. The van der Waals surface area contributed by atoms with Crippen molar-refractivity contribution in [3.63, 3.8) is 0 Å². The molecule has 1 spiro atoms. The third-order valence-electron chi connectivity index (χ3n) is 2.78. The van der Waals surface area contributed by atoms with Crippen LogP contribution in [-0.2, 0) is 14.3 Å². The highest BCUT2D eigenvalue weighted by molar-refractivity contribution is 5.86. The Balaban J connectivity index is 2.02. The fraction of sp³-hybridized carbons (Fsp3) is 0.700. The molecule has 0 aromatic rings. The number of aliphatic carboxylic acids is 1. The molecule has 78 valence electrons. The predicted octanol–water partition coefficient (Wildman–Crippen LogP) is 1.31. The third kappa shape index (κ3) is 1.81. The van der Waals surface area contributed by atoms with Crippen LogP contribution in [-0.4, -0.2) is 30.1 Å². The van der Waals surface area contributed by atoms with Crippen molar-refractivity contribution >= 4 is 5.97 Å². The maximum absolute atomic E-state index is 10.8. The Morgan fingerprint density at radius 3 is 2.71 bits per heavy atom. The quantitative estimate of drug-likeness (QED) is 0.690. The van der Waals surface area contributed by atoms with Gasteiger partial charge in [-0.05, 0) is 12.8 Å². The van der Waals surface area contributed by atoms with E-state index in [1.54, 1.807) is 6.08 Å². The minimum absolute atomic E-state index is 0.487. The second-order valence-electron chi connectivity index (χ2n) is 3.68. The van der Waals surface area contributed by atoms with Crippen molar-refractivity contribution in [1.29, 1.82) is 0 Å². The fourth-order valence-electron chi connectivity index (χ4n) is 2.00. The Hall–Kier alpha value is -0.870. The third-order valence-corrected chi connectivity index (χ3v) is 2.78. The zero-order valence-electron chi connectivity index (χ0n) is 7.99. The molecule has 0 saturated carbocycles. The normalized spacial score (nSPS) is 25.9. The zero-order chi connectivity index (χ0) is 10.0. The van der Waals surface area contributed by atoms with Crippen LogP contribution in [0.1, 0.15) is 25.7 Å². The van der Waals surface area contributed by atoms with E-state index in [9.17, 15) is 4.79 Å². The second kappa shape index (κ2) is 3.71. The van der Waals surface area contributed by atoms with Gasteiger partial charge in [-0.3, -0.25) is 0 Å². The van der Waals surface area contributed by atoms with Gasteiger partial charge in [0.2, 0.25) is 0 Å². The van der Waals surface area contributed by atoms with Crippen molar-refractivity contribution < 1.29 is 19.4 Å². The summed E-state index contributed by atoms with van der Waals surface area (Å²) in [7, 11) is 0. The molecule has 0 unspecified atom stereocenters. The maximum Gasteiger partial charge on any atom is 0.331 e. The number of rotatable bonds is 1. The number of hydrogen-bond acceptors (Lipinski definition) is 3. The molecule has 2 rings (SSSR count). The maximum atomic E-state index is 10.8. The highest BCUT2D eigenvalue weighted by Gasteiger charge is 2.37. The van der Waals surface area contributed by atoms with Crippen molar-refractivity contribution in [2.24, 2.45) is 0 Å². The molecule has 4 heteroatoms. The van der Waals surface area contributed by atoms with Crippen LogP contribution in [0, 0.1) is 0 Å². The van der Waals surface area contributed by atoms with E-state index in [0.717, 1.165) is 12.8 Å². The lowest BCUT2D eigenvalue weighted by Crippen LogP contribution is -2.29. The topological polar surface area (TPSA) is 55.8 Å². The van der Waals surface area contributed by atoms with Gasteiger partial charge in [0, 0.05) is 18.4 Å². The van der Waals surface area contributed by atoms with Crippen LogP contribution in [0.25, 0.3) is 0 Å². The van der Waals surface area contributed by atoms with Gasteiger partial charge in [-0.25, -0.2) is 4.79 Å². The van der Waals surface area contributed by atoms with Crippen molar-refractivity contribution in [3.05, 3.63) is 11.6 Å². The van der Waals surface area contributed by atoms with Crippen LogP contribution in [0.4, 0.5) is 0 Å². The molecular weight excluding hydrogens is 184 g/mol. The molecular formula is C10H14O4. The molecule has 0 aromatic carbocycles. The number of hydrogen-bond donors (Lipinski definition) is 1. The van der Waals surface area contributed by atoms with Gasteiger partial charge in [-0.15, -0.1) is 0 Å². The highest BCUT2D eigenvalue weighted by Crippen LogP contribution is 2.34. The number of carbonyl (C=O) groups is 1. The molecule has 0 aromatic heterocycles. The molecule has 0 atom stereocenters.